The molecule has 6 atom stereocenters. The summed E-state index contributed by atoms with van der Waals surface area (Å²) in [4.78, 5) is 67.9. The zero-order chi connectivity index (χ0) is 28.0. The van der Waals surface area contributed by atoms with Crippen LogP contribution in [0.15, 0.2) is 30.3 Å². The maximum atomic E-state index is 13.9. The fraction of sp³-hybridized carbons (Fsp3) is 0.393. The summed E-state index contributed by atoms with van der Waals surface area (Å²) in [6.45, 7) is 0.0855. The van der Waals surface area contributed by atoms with Crippen molar-refractivity contribution in [1.82, 2.24) is 4.90 Å². The van der Waals surface area contributed by atoms with Gasteiger partial charge in [0.15, 0.2) is 46.2 Å². The van der Waals surface area contributed by atoms with Gasteiger partial charge in [0.05, 0.1) is 17.5 Å². The Labute approximate surface area is 222 Å². The van der Waals surface area contributed by atoms with E-state index in [0.29, 0.717) is 28.2 Å². The first-order chi connectivity index (χ1) is 18.5. The Morgan fingerprint density at radius 1 is 1.05 bits per heavy atom. The Balaban J connectivity index is 1.48. The van der Waals surface area contributed by atoms with Gasteiger partial charge in [0.1, 0.15) is 5.75 Å². The van der Waals surface area contributed by atoms with Crippen LogP contribution in [0.5, 0.6) is 17.2 Å². The molecule has 2 unspecified atom stereocenters. The SMILES string of the molecule is CN(C)[C@H]1C(=O)C(C(N)=O)C(=O)[C@]2(O)C(=O)C3C(=O)c4c(O)ccc(-c5ccc6c(c5)OCO6)c4C[C@@H]3C[C@H]12. The highest BCUT2D eigenvalue weighted by molar-refractivity contribution is 6.32. The van der Waals surface area contributed by atoms with Crippen LogP contribution in [0.2, 0.25) is 0 Å². The van der Waals surface area contributed by atoms with Crippen LogP contribution in [-0.4, -0.2) is 76.7 Å². The van der Waals surface area contributed by atoms with Crippen molar-refractivity contribution in [3.05, 3.63) is 41.5 Å². The minimum Gasteiger partial charge on any atom is -0.507 e. The van der Waals surface area contributed by atoms with Gasteiger partial charge in [0.2, 0.25) is 12.7 Å². The normalized spacial score (nSPS) is 31.1. The van der Waals surface area contributed by atoms with Crippen molar-refractivity contribution in [3.8, 4) is 28.4 Å². The van der Waals surface area contributed by atoms with Gasteiger partial charge in [0.25, 0.3) is 0 Å². The predicted octanol–water partition coefficient (Wildman–Crippen LogP) is 0.263. The number of ether oxygens (including phenoxy) is 2. The number of primary amides is 1. The Bertz CT molecular complexity index is 1500. The maximum Gasteiger partial charge on any atom is 0.235 e. The largest absolute Gasteiger partial charge is 0.507 e. The lowest BCUT2D eigenvalue weighted by atomic mass is 9.52. The van der Waals surface area contributed by atoms with Crippen molar-refractivity contribution in [2.75, 3.05) is 20.9 Å². The van der Waals surface area contributed by atoms with Crippen molar-refractivity contribution in [2.45, 2.75) is 24.5 Å². The van der Waals surface area contributed by atoms with Crippen LogP contribution in [0.25, 0.3) is 11.1 Å². The standard InChI is InChI=1S/C28H26N2O9/c1-30(2)22-15-8-12-7-14-13(11-3-6-17-18(9-11)39-10-38-17)4-5-16(31)20(14)23(32)19(12)25(34)28(15,37)26(35)21(24(22)33)27(29)36/h3-6,9,12,15,19,21-22,31,37H,7-8,10H2,1-2H3,(H2,29,36)/t12-,15-,19?,21?,22-,28-/m1/s1. The number of ketones is 4. The zero-order valence-electron chi connectivity index (χ0n) is 21.2. The molecule has 6 rings (SSSR count). The van der Waals surface area contributed by atoms with Crippen LogP contribution in [0.4, 0.5) is 0 Å². The van der Waals surface area contributed by atoms with Crippen LogP contribution in [0.1, 0.15) is 22.3 Å². The number of nitrogens with two attached hydrogens (primary N) is 1. The van der Waals surface area contributed by atoms with E-state index in [9.17, 15) is 34.2 Å². The lowest BCUT2D eigenvalue weighted by molar-refractivity contribution is -0.181. The molecule has 2 fully saturated rings. The van der Waals surface area contributed by atoms with Crippen LogP contribution >= 0.6 is 0 Å². The van der Waals surface area contributed by atoms with Crippen LogP contribution < -0.4 is 15.2 Å². The number of benzene rings is 2. The average Bonchev–Trinajstić information content (AvgIpc) is 3.34. The molecule has 4 N–H and O–H groups in total. The van der Waals surface area contributed by atoms with Crippen molar-refractivity contribution in [3.63, 3.8) is 0 Å². The molecule has 3 aliphatic carbocycles. The molecule has 1 aliphatic heterocycles. The lowest BCUT2D eigenvalue weighted by Gasteiger charge is -2.52. The number of likely N-dealkylation sites (N-methyl/N-ethyl adjacent to an activating group) is 1. The summed E-state index contributed by atoms with van der Waals surface area (Å²) in [5.41, 5.74) is 4.41. The van der Waals surface area contributed by atoms with Gasteiger partial charge in [-0.05, 0) is 67.7 Å². The van der Waals surface area contributed by atoms with Crippen molar-refractivity contribution in [1.29, 1.82) is 0 Å². The quantitative estimate of drug-likeness (QED) is 0.464. The summed E-state index contributed by atoms with van der Waals surface area (Å²) in [6, 6.07) is 7.19. The molecule has 0 aromatic heterocycles. The van der Waals surface area contributed by atoms with E-state index in [-0.39, 0.29) is 30.9 Å². The number of rotatable bonds is 3. The van der Waals surface area contributed by atoms with Gasteiger partial charge < -0.3 is 25.4 Å². The topological polar surface area (TPSA) is 174 Å². The van der Waals surface area contributed by atoms with E-state index in [1.54, 1.807) is 38.4 Å². The van der Waals surface area contributed by atoms with Gasteiger partial charge in [-0.15, -0.1) is 0 Å². The molecule has 2 aromatic carbocycles. The molecule has 11 heteroatoms. The predicted molar refractivity (Wildman–Crippen MR) is 133 cm³/mol. The summed E-state index contributed by atoms with van der Waals surface area (Å²) in [5, 5.41) is 22.4. The molecule has 4 aliphatic rings. The molecule has 202 valence electrons. The van der Waals surface area contributed by atoms with Gasteiger partial charge in [-0.1, -0.05) is 12.1 Å². The summed E-state index contributed by atoms with van der Waals surface area (Å²) in [7, 11) is 3.09. The Morgan fingerprint density at radius 2 is 1.77 bits per heavy atom. The van der Waals surface area contributed by atoms with Crippen LogP contribution in [0.3, 0.4) is 0 Å². The van der Waals surface area contributed by atoms with Crippen molar-refractivity contribution in [2.24, 2.45) is 29.4 Å². The molecule has 0 bridgehead atoms. The monoisotopic (exact) mass is 534 g/mol. The van der Waals surface area contributed by atoms with E-state index in [1.807, 2.05) is 0 Å². The first-order valence-corrected chi connectivity index (χ1v) is 12.6. The molecule has 2 saturated carbocycles. The fourth-order valence-corrected chi connectivity index (χ4v) is 6.94. The number of amides is 1. The second-order valence-corrected chi connectivity index (χ2v) is 10.8. The maximum absolute atomic E-state index is 13.9. The molecule has 0 saturated heterocycles. The lowest BCUT2D eigenvalue weighted by Crippen LogP contribution is -2.74. The summed E-state index contributed by atoms with van der Waals surface area (Å²) >= 11 is 0. The third-order valence-electron chi connectivity index (χ3n) is 8.63. The Hall–Kier alpha value is -4.09. The van der Waals surface area contributed by atoms with E-state index >= 15 is 0 Å². The van der Waals surface area contributed by atoms with Crippen molar-refractivity contribution < 1.29 is 43.7 Å². The third-order valence-corrected chi connectivity index (χ3v) is 8.63. The smallest absolute Gasteiger partial charge is 0.235 e. The number of phenolic OH excluding ortho intramolecular Hbond substituents is 1. The number of fused-ring (bicyclic) bond motifs is 4. The zero-order valence-corrected chi connectivity index (χ0v) is 21.2. The number of hydrogen-bond acceptors (Lipinski definition) is 10. The fourth-order valence-electron chi connectivity index (χ4n) is 6.94. The van der Waals surface area contributed by atoms with Gasteiger partial charge in [-0.3, -0.25) is 28.9 Å². The van der Waals surface area contributed by atoms with Gasteiger partial charge in [-0.25, -0.2) is 0 Å². The summed E-state index contributed by atoms with van der Waals surface area (Å²) in [6.07, 6.45) is 0.157. The number of carbonyl (C=O) groups is 5. The summed E-state index contributed by atoms with van der Waals surface area (Å²) < 4.78 is 10.9. The van der Waals surface area contributed by atoms with Gasteiger partial charge in [0, 0.05) is 5.92 Å². The number of carbonyl (C=O) groups excluding carboxylic acids is 5. The number of nitrogens with zero attached hydrogens (tertiary/aromatic N) is 1. The number of aromatic hydroxyl groups is 1. The highest BCUT2D eigenvalue weighted by Crippen LogP contribution is 2.52. The highest BCUT2D eigenvalue weighted by atomic mass is 16.7. The van der Waals surface area contributed by atoms with Crippen LogP contribution in [-0.2, 0) is 25.6 Å². The van der Waals surface area contributed by atoms with Gasteiger partial charge >= 0.3 is 0 Å². The van der Waals surface area contributed by atoms with E-state index in [2.05, 4.69) is 0 Å². The second-order valence-electron chi connectivity index (χ2n) is 10.8. The Morgan fingerprint density at radius 3 is 2.46 bits per heavy atom. The molecule has 0 radical (unpaired) electrons. The summed E-state index contributed by atoms with van der Waals surface area (Å²) in [5.74, 6) is -9.62. The molecule has 2 aromatic rings. The average molecular weight is 535 g/mol. The number of phenols is 1. The molecular formula is C28H26N2O9. The van der Waals surface area contributed by atoms with E-state index in [0.717, 1.165) is 0 Å². The van der Waals surface area contributed by atoms with E-state index in [1.165, 1.54) is 11.0 Å². The number of Topliss-reactive ketones (excluding diaryl/α,β-unsaturated/α-hetero) is 4. The molecular weight excluding hydrogens is 508 g/mol. The second kappa shape index (κ2) is 8.45. The molecule has 1 heterocycles. The highest BCUT2D eigenvalue weighted by Gasteiger charge is 2.69. The number of aliphatic hydroxyl groups is 1. The minimum atomic E-state index is -2.75. The molecule has 0 spiro atoms. The van der Waals surface area contributed by atoms with E-state index in [4.69, 9.17) is 15.2 Å². The minimum absolute atomic E-state index is 0.0138. The van der Waals surface area contributed by atoms with Crippen LogP contribution in [0, 0.1) is 23.7 Å². The Kier molecular flexibility index (Phi) is 5.46. The molecule has 1 amide bonds. The molecule has 11 nitrogen and oxygen atoms in total. The molecule has 39 heavy (non-hydrogen) atoms. The number of hydrogen-bond donors (Lipinski definition) is 3. The third kappa shape index (κ3) is 3.32. The van der Waals surface area contributed by atoms with E-state index < -0.39 is 64.4 Å². The van der Waals surface area contributed by atoms with Gasteiger partial charge in [-0.2, -0.15) is 0 Å². The van der Waals surface area contributed by atoms with Crippen molar-refractivity contribution >= 4 is 29.0 Å². The first kappa shape index (κ1) is 25.2. The first-order valence-electron chi connectivity index (χ1n) is 12.6.